The van der Waals surface area contributed by atoms with Gasteiger partial charge in [0.25, 0.3) is 0 Å². The molecule has 2 fully saturated rings. The molecule has 0 aromatic carbocycles. The molecule has 1 heterocycles. The molecule has 0 aromatic heterocycles. The normalized spacial score (nSPS) is 27.2. The second kappa shape index (κ2) is 3.02. The van der Waals surface area contributed by atoms with E-state index in [0.717, 1.165) is 11.3 Å². The van der Waals surface area contributed by atoms with E-state index in [-0.39, 0.29) is 0 Å². The maximum absolute atomic E-state index is 2.64. The van der Waals surface area contributed by atoms with Gasteiger partial charge in [-0.1, -0.05) is 20.3 Å². The minimum Gasteiger partial charge on any atom is -0.302 e. The predicted octanol–water partition coefficient (Wildman–Crippen LogP) is 2.52. The van der Waals surface area contributed by atoms with Gasteiger partial charge in [0.15, 0.2) is 0 Å². The van der Waals surface area contributed by atoms with Gasteiger partial charge in [-0.2, -0.15) is 0 Å². The van der Waals surface area contributed by atoms with Crippen molar-refractivity contribution in [3.63, 3.8) is 0 Å². The average Bonchev–Trinajstić information content (AvgIpc) is 1.79. The van der Waals surface area contributed by atoms with Gasteiger partial charge in [-0.15, -0.1) is 0 Å². The molecule has 2 rings (SSSR count). The highest BCUT2D eigenvalue weighted by Gasteiger charge is 2.46. The standard InChI is InChI=1S/C11H21N/c1-10(2)4-7-12-8-11(9-12)5-3-6-11/h10H,3-9H2,1-2H3. The molecule has 0 atom stereocenters. The zero-order valence-electron chi connectivity index (χ0n) is 8.47. The van der Waals surface area contributed by atoms with Crippen molar-refractivity contribution in [2.24, 2.45) is 11.3 Å². The topological polar surface area (TPSA) is 3.24 Å². The number of nitrogens with zero attached hydrogens (tertiary/aromatic N) is 1. The van der Waals surface area contributed by atoms with Crippen molar-refractivity contribution in [1.29, 1.82) is 0 Å². The molecule has 2 aliphatic rings. The zero-order valence-corrected chi connectivity index (χ0v) is 8.47. The summed E-state index contributed by atoms with van der Waals surface area (Å²) in [7, 11) is 0. The van der Waals surface area contributed by atoms with Gasteiger partial charge in [0.1, 0.15) is 0 Å². The van der Waals surface area contributed by atoms with Crippen molar-refractivity contribution in [1.82, 2.24) is 4.90 Å². The maximum atomic E-state index is 2.64. The molecule has 0 amide bonds. The van der Waals surface area contributed by atoms with Gasteiger partial charge in [-0.25, -0.2) is 0 Å². The van der Waals surface area contributed by atoms with Crippen molar-refractivity contribution >= 4 is 0 Å². The van der Waals surface area contributed by atoms with Crippen LogP contribution in [-0.4, -0.2) is 24.5 Å². The minimum atomic E-state index is 0.830. The molecule has 1 spiro atoms. The van der Waals surface area contributed by atoms with Crippen molar-refractivity contribution in [2.45, 2.75) is 39.5 Å². The Morgan fingerprint density at radius 3 is 2.33 bits per heavy atom. The summed E-state index contributed by atoms with van der Waals surface area (Å²) in [4.78, 5) is 2.64. The molecule has 12 heavy (non-hydrogen) atoms. The van der Waals surface area contributed by atoms with E-state index in [4.69, 9.17) is 0 Å². The number of likely N-dealkylation sites (tertiary alicyclic amines) is 1. The molecule has 0 radical (unpaired) electrons. The van der Waals surface area contributed by atoms with Crippen LogP contribution in [0.5, 0.6) is 0 Å². The van der Waals surface area contributed by atoms with Crippen LogP contribution in [0.4, 0.5) is 0 Å². The van der Waals surface area contributed by atoms with Crippen LogP contribution in [0.3, 0.4) is 0 Å². The second-order valence-electron chi connectivity index (χ2n) is 5.25. The van der Waals surface area contributed by atoms with Gasteiger partial charge in [-0.3, -0.25) is 0 Å². The van der Waals surface area contributed by atoms with E-state index in [0.29, 0.717) is 0 Å². The first-order chi connectivity index (χ1) is 5.70. The highest BCUT2D eigenvalue weighted by Crippen LogP contribution is 2.47. The van der Waals surface area contributed by atoms with Crippen LogP contribution in [0.2, 0.25) is 0 Å². The van der Waals surface area contributed by atoms with Crippen molar-refractivity contribution in [2.75, 3.05) is 19.6 Å². The second-order valence-corrected chi connectivity index (χ2v) is 5.25. The van der Waals surface area contributed by atoms with Gasteiger partial charge in [0.05, 0.1) is 0 Å². The Hall–Kier alpha value is -0.0400. The summed E-state index contributed by atoms with van der Waals surface area (Å²) in [5.74, 6) is 0.878. The number of hydrogen-bond donors (Lipinski definition) is 0. The van der Waals surface area contributed by atoms with Gasteiger partial charge < -0.3 is 4.90 Å². The van der Waals surface area contributed by atoms with E-state index in [2.05, 4.69) is 18.7 Å². The largest absolute Gasteiger partial charge is 0.302 e. The molecule has 1 heteroatoms. The van der Waals surface area contributed by atoms with Crippen LogP contribution < -0.4 is 0 Å². The molecular formula is C11H21N. The van der Waals surface area contributed by atoms with Gasteiger partial charge >= 0.3 is 0 Å². The highest BCUT2D eigenvalue weighted by atomic mass is 15.2. The number of rotatable bonds is 3. The summed E-state index contributed by atoms with van der Waals surface area (Å²) in [6.45, 7) is 8.82. The summed E-state index contributed by atoms with van der Waals surface area (Å²) in [6, 6.07) is 0. The fraction of sp³-hybridized carbons (Fsp3) is 1.00. The average molecular weight is 167 g/mol. The molecular weight excluding hydrogens is 146 g/mol. The lowest BCUT2D eigenvalue weighted by Crippen LogP contribution is -2.59. The first kappa shape index (κ1) is 8.55. The molecule has 1 aliphatic carbocycles. The van der Waals surface area contributed by atoms with Gasteiger partial charge in [0, 0.05) is 13.1 Å². The summed E-state index contributed by atoms with van der Waals surface area (Å²) in [5, 5.41) is 0. The van der Waals surface area contributed by atoms with Crippen LogP contribution in [0.15, 0.2) is 0 Å². The zero-order chi connectivity index (χ0) is 8.60. The molecule has 1 nitrogen and oxygen atoms in total. The lowest BCUT2D eigenvalue weighted by Gasteiger charge is -2.56. The van der Waals surface area contributed by atoms with Gasteiger partial charge in [0.2, 0.25) is 0 Å². The third-order valence-electron chi connectivity index (χ3n) is 3.55. The van der Waals surface area contributed by atoms with E-state index >= 15 is 0 Å². The molecule has 0 aromatic rings. The quantitative estimate of drug-likeness (QED) is 0.624. The Morgan fingerprint density at radius 2 is 1.92 bits per heavy atom. The smallest absolute Gasteiger partial charge is 0.00505 e. The first-order valence-electron chi connectivity index (χ1n) is 5.43. The molecule has 1 aliphatic heterocycles. The van der Waals surface area contributed by atoms with Crippen LogP contribution in [-0.2, 0) is 0 Å². The summed E-state index contributed by atoms with van der Waals surface area (Å²) >= 11 is 0. The van der Waals surface area contributed by atoms with E-state index < -0.39 is 0 Å². The third kappa shape index (κ3) is 1.52. The number of hydrogen-bond acceptors (Lipinski definition) is 1. The van der Waals surface area contributed by atoms with E-state index in [1.807, 2.05) is 0 Å². The fourth-order valence-corrected chi connectivity index (χ4v) is 2.49. The van der Waals surface area contributed by atoms with E-state index in [9.17, 15) is 0 Å². The minimum absolute atomic E-state index is 0.830. The van der Waals surface area contributed by atoms with Crippen molar-refractivity contribution < 1.29 is 0 Å². The third-order valence-corrected chi connectivity index (χ3v) is 3.55. The Balaban J connectivity index is 1.62. The summed E-state index contributed by atoms with van der Waals surface area (Å²) in [6.07, 6.45) is 5.92. The van der Waals surface area contributed by atoms with E-state index in [1.54, 1.807) is 0 Å². The molecule has 1 saturated heterocycles. The molecule has 0 unspecified atom stereocenters. The SMILES string of the molecule is CC(C)CCN1CC2(CCC2)C1. The van der Waals surface area contributed by atoms with E-state index in [1.165, 1.54) is 45.3 Å². The summed E-state index contributed by atoms with van der Waals surface area (Å²) in [5.41, 5.74) is 0.830. The lowest BCUT2D eigenvalue weighted by atomic mass is 9.63. The lowest BCUT2D eigenvalue weighted by molar-refractivity contribution is -0.0610. The Bertz CT molecular complexity index is 150. The summed E-state index contributed by atoms with van der Waals surface area (Å²) < 4.78 is 0. The fourth-order valence-electron chi connectivity index (χ4n) is 2.49. The monoisotopic (exact) mass is 167 g/mol. The maximum Gasteiger partial charge on any atom is 0.00505 e. The Kier molecular flexibility index (Phi) is 2.16. The Labute approximate surface area is 76.1 Å². The highest BCUT2D eigenvalue weighted by molar-refractivity contribution is 5.00. The van der Waals surface area contributed by atoms with Crippen LogP contribution in [0.1, 0.15) is 39.5 Å². The van der Waals surface area contributed by atoms with Crippen LogP contribution in [0.25, 0.3) is 0 Å². The van der Waals surface area contributed by atoms with Crippen LogP contribution in [0, 0.1) is 11.3 Å². The van der Waals surface area contributed by atoms with Crippen molar-refractivity contribution in [3.8, 4) is 0 Å². The van der Waals surface area contributed by atoms with Crippen LogP contribution >= 0.6 is 0 Å². The van der Waals surface area contributed by atoms with Crippen molar-refractivity contribution in [3.05, 3.63) is 0 Å². The predicted molar refractivity (Wildman–Crippen MR) is 52.2 cm³/mol. The molecule has 1 saturated carbocycles. The van der Waals surface area contributed by atoms with Gasteiger partial charge in [-0.05, 0) is 37.1 Å². The molecule has 0 N–H and O–H groups in total. The molecule has 70 valence electrons. The molecule has 0 bridgehead atoms. The first-order valence-corrected chi connectivity index (χ1v) is 5.43. The Morgan fingerprint density at radius 1 is 1.25 bits per heavy atom.